The fraction of sp³-hybridized carbons (Fsp3) is 0.0455. The molecular formula is C22H15F2N3O2S. The van der Waals surface area contributed by atoms with Gasteiger partial charge in [-0.1, -0.05) is 12.1 Å². The molecule has 1 heterocycles. The monoisotopic (exact) mass is 423 g/mol. The van der Waals surface area contributed by atoms with Crippen LogP contribution < -0.4 is 4.80 Å². The molecule has 0 fully saturated rings. The van der Waals surface area contributed by atoms with Gasteiger partial charge in [-0.3, -0.25) is 10.1 Å². The van der Waals surface area contributed by atoms with E-state index in [2.05, 4.69) is 4.99 Å². The fourth-order valence-corrected chi connectivity index (χ4v) is 3.88. The summed E-state index contributed by atoms with van der Waals surface area (Å²) >= 11 is 1.40. The molecule has 0 radical (unpaired) electrons. The molecule has 5 nitrogen and oxygen atoms in total. The van der Waals surface area contributed by atoms with E-state index in [1.807, 2.05) is 9.95 Å². The Morgan fingerprint density at radius 1 is 0.900 bits per heavy atom. The highest BCUT2D eigenvalue weighted by molar-refractivity contribution is 7.07. The summed E-state index contributed by atoms with van der Waals surface area (Å²) in [4.78, 5) is 15.8. The zero-order chi connectivity index (χ0) is 21.1. The fourth-order valence-electron chi connectivity index (χ4n) is 2.95. The molecule has 0 spiro atoms. The maximum atomic E-state index is 13.3. The number of thiazole rings is 1. The lowest BCUT2D eigenvalue weighted by Crippen LogP contribution is -2.16. The quantitative estimate of drug-likeness (QED) is 0.306. The molecular weight excluding hydrogens is 408 g/mol. The lowest BCUT2D eigenvalue weighted by Gasteiger charge is -2.10. The van der Waals surface area contributed by atoms with Crippen molar-refractivity contribution in [1.82, 2.24) is 4.57 Å². The summed E-state index contributed by atoms with van der Waals surface area (Å²) in [6, 6.07) is 18.3. The minimum Gasteiger partial charge on any atom is -0.312 e. The summed E-state index contributed by atoms with van der Waals surface area (Å²) in [5.74, 6) is -0.660. The van der Waals surface area contributed by atoms with Gasteiger partial charge in [0.15, 0.2) is 4.80 Å². The van der Waals surface area contributed by atoms with E-state index in [1.165, 1.54) is 47.7 Å². The van der Waals surface area contributed by atoms with E-state index in [9.17, 15) is 18.9 Å². The third-order valence-corrected chi connectivity index (χ3v) is 5.34. The van der Waals surface area contributed by atoms with Crippen LogP contribution in [0.2, 0.25) is 0 Å². The van der Waals surface area contributed by atoms with Crippen molar-refractivity contribution in [2.24, 2.45) is 4.99 Å². The topological polar surface area (TPSA) is 60.4 Å². The smallest absolute Gasteiger partial charge is 0.269 e. The van der Waals surface area contributed by atoms with Crippen LogP contribution in [-0.2, 0) is 6.54 Å². The van der Waals surface area contributed by atoms with Crippen molar-refractivity contribution in [3.63, 3.8) is 0 Å². The highest BCUT2D eigenvalue weighted by atomic mass is 32.1. The Labute approximate surface area is 174 Å². The lowest BCUT2D eigenvalue weighted by molar-refractivity contribution is -0.384. The van der Waals surface area contributed by atoms with E-state index in [4.69, 9.17) is 0 Å². The Kier molecular flexibility index (Phi) is 5.49. The van der Waals surface area contributed by atoms with Gasteiger partial charge in [0.05, 0.1) is 22.8 Å². The molecule has 0 atom stereocenters. The molecule has 0 aliphatic carbocycles. The van der Waals surface area contributed by atoms with Crippen molar-refractivity contribution in [3.8, 4) is 11.3 Å². The molecule has 0 N–H and O–H groups in total. The number of nitro groups is 1. The number of hydrogen-bond acceptors (Lipinski definition) is 4. The zero-order valence-electron chi connectivity index (χ0n) is 15.5. The Hall–Kier alpha value is -3.65. The molecule has 0 bridgehead atoms. The number of nitrogens with zero attached hydrogens (tertiary/aromatic N) is 3. The van der Waals surface area contributed by atoms with Crippen LogP contribution >= 0.6 is 11.3 Å². The van der Waals surface area contributed by atoms with Gasteiger partial charge in [0.2, 0.25) is 0 Å². The van der Waals surface area contributed by atoms with Crippen LogP contribution in [0.1, 0.15) is 5.56 Å². The average Bonchev–Trinajstić information content (AvgIpc) is 3.13. The third kappa shape index (κ3) is 4.33. The Bertz CT molecular complexity index is 1250. The van der Waals surface area contributed by atoms with Gasteiger partial charge in [-0.2, -0.15) is 0 Å². The standard InChI is InChI=1S/C22H15F2N3O2S/c23-17-5-1-15(2-6-17)13-26-21(16-3-11-20(12-4-16)27(28)29)14-30-22(26)25-19-9-7-18(24)8-10-19/h1-12,14H,13H2. The molecule has 0 saturated heterocycles. The van der Waals surface area contributed by atoms with Gasteiger partial charge in [0.1, 0.15) is 11.6 Å². The van der Waals surface area contributed by atoms with Crippen molar-refractivity contribution in [2.75, 3.05) is 0 Å². The van der Waals surface area contributed by atoms with Crippen LogP contribution in [0.4, 0.5) is 20.2 Å². The summed E-state index contributed by atoms with van der Waals surface area (Å²) in [5, 5.41) is 12.9. The van der Waals surface area contributed by atoms with Gasteiger partial charge in [0.25, 0.3) is 5.69 Å². The van der Waals surface area contributed by atoms with Crippen LogP contribution in [0.5, 0.6) is 0 Å². The minimum absolute atomic E-state index is 0.00953. The predicted octanol–water partition coefficient (Wildman–Crippen LogP) is 5.68. The highest BCUT2D eigenvalue weighted by Gasteiger charge is 2.11. The molecule has 3 aromatic carbocycles. The van der Waals surface area contributed by atoms with Crippen molar-refractivity contribution >= 4 is 22.7 Å². The molecule has 8 heteroatoms. The van der Waals surface area contributed by atoms with Crippen LogP contribution in [0.3, 0.4) is 0 Å². The lowest BCUT2D eigenvalue weighted by atomic mass is 10.1. The van der Waals surface area contributed by atoms with E-state index in [-0.39, 0.29) is 17.3 Å². The van der Waals surface area contributed by atoms with E-state index >= 15 is 0 Å². The van der Waals surface area contributed by atoms with Crippen LogP contribution in [0.25, 0.3) is 11.3 Å². The predicted molar refractivity (Wildman–Crippen MR) is 112 cm³/mol. The molecule has 0 aliphatic rings. The van der Waals surface area contributed by atoms with Crippen LogP contribution in [0, 0.1) is 21.7 Å². The van der Waals surface area contributed by atoms with Crippen LogP contribution in [0.15, 0.2) is 83.2 Å². The molecule has 4 aromatic rings. The summed E-state index contributed by atoms with van der Waals surface area (Å²) in [6.07, 6.45) is 0. The average molecular weight is 423 g/mol. The van der Waals surface area contributed by atoms with E-state index in [0.717, 1.165) is 16.8 Å². The van der Waals surface area contributed by atoms with Crippen molar-refractivity contribution in [1.29, 1.82) is 0 Å². The molecule has 0 aliphatic heterocycles. The Morgan fingerprint density at radius 2 is 1.50 bits per heavy atom. The van der Waals surface area contributed by atoms with Crippen LogP contribution in [-0.4, -0.2) is 9.49 Å². The Balaban J connectivity index is 1.81. The first kappa shape index (κ1) is 19.7. The summed E-state index contributed by atoms with van der Waals surface area (Å²) in [7, 11) is 0. The van der Waals surface area contributed by atoms with Crippen molar-refractivity contribution < 1.29 is 13.7 Å². The molecule has 0 saturated carbocycles. The first-order valence-corrected chi connectivity index (χ1v) is 9.85. The first-order chi connectivity index (χ1) is 14.5. The van der Waals surface area contributed by atoms with E-state index in [0.29, 0.717) is 17.0 Å². The van der Waals surface area contributed by atoms with Gasteiger partial charge >= 0.3 is 0 Å². The van der Waals surface area contributed by atoms with Gasteiger partial charge in [-0.15, -0.1) is 11.3 Å². The van der Waals surface area contributed by atoms with Crippen molar-refractivity contribution in [3.05, 3.63) is 110 Å². The van der Waals surface area contributed by atoms with E-state index in [1.54, 1.807) is 36.4 Å². The van der Waals surface area contributed by atoms with Gasteiger partial charge in [-0.05, 0) is 59.7 Å². The number of hydrogen-bond donors (Lipinski definition) is 0. The molecule has 1 aromatic heterocycles. The van der Waals surface area contributed by atoms with Gasteiger partial charge in [0, 0.05) is 17.5 Å². The highest BCUT2D eigenvalue weighted by Crippen LogP contribution is 2.24. The number of halogens is 2. The second-order valence-electron chi connectivity index (χ2n) is 6.51. The number of non-ortho nitro benzene ring substituents is 1. The molecule has 0 amide bonds. The number of aromatic nitrogens is 1. The zero-order valence-corrected chi connectivity index (χ0v) is 16.4. The van der Waals surface area contributed by atoms with Gasteiger partial charge < -0.3 is 4.57 Å². The maximum absolute atomic E-state index is 13.3. The summed E-state index contributed by atoms with van der Waals surface area (Å²) in [6.45, 7) is 0.427. The summed E-state index contributed by atoms with van der Waals surface area (Å²) in [5.41, 5.74) is 3.09. The molecule has 4 rings (SSSR count). The number of benzene rings is 3. The third-order valence-electron chi connectivity index (χ3n) is 4.48. The second-order valence-corrected chi connectivity index (χ2v) is 7.34. The van der Waals surface area contributed by atoms with Crippen molar-refractivity contribution in [2.45, 2.75) is 6.54 Å². The normalized spacial score (nSPS) is 11.6. The molecule has 150 valence electrons. The molecule has 0 unspecified atom stereocenters. The van der Waals surface area contributed by atoms with E-state index < -0.39 is 4.92 Å². The second kappa shape index (κ2) is 8.38. The summed E-state index contributed by atoms with van der Waals surface area (Å²) < 4.78 is 28.5. The Morgan fingerprint density at radius 3 is 2.10 bits per heavy atom. The van der Waals surface area contributed by atoms with Gasteiger partial charge in [-0.25, -0.2) is 13.8 Å². The number of nitro benzene ring substituents is 1. The number of rotatable bonds is 5. The minimum atomic E-state index is -0.445. The maximum Gasteiger partial charge on any atom is 0.269 e. The largest absolute Gasteiger partial charge is 0.312 e. The SMILES string of the molecule is O=[N+]([O-])c1ccc(-c2csc(=Nc3ccc(F)cc3)n2Cc2ccc(F)cc2)cc1. The molecule has 30 heavy (non-hydrogen) atoms. The first-order valence-electron chi connectivity index (χ1n) is 8.97.